The van der Waals surface area contributed by atoms with Crippen LogP contribution in [0.4, 0.5) is 0 Å². The normalized spacial score (nSPS) is 11.2. The number of fused-ring (bicyclic) bond motifs is 1. The van der Waals surface area contributed by atoms with Crippen molar-refractivity contribution in [3.05, 3.63) is 71.7 Å². The van der Waals surface area contributed by atoms with E-state index in [1.54, 1.807) is 6.20 Å². The number of benzene rings is 2. The molecule has 4 aromatic rings. The van der Waals surface area contributed by atoms with Crippen molar-refractivity contribution in [2.45, 2.75) is 19.8 Å². The number of rotatable bonds is 4. The molecule has 120 valence electrons. The molecule has 4 nitrogen and oxygen atoms in total. The van der Waals surface area contributed by atoms with Gasteiger partial charge >= 0.3 is 0 Å². The number of hydrogen-bond donors (Lipinski definition) is 0. The van der Waals surface area contributed by atoms with Crippen LogP contribution in [0, 0.1) is 6.92 Å². The first-order valence-electron chi connectivity index (χ1n) is 8.13. The van der Waals surface area contributed by atoms with Crippen LogP contribution in [-0.2, 0) is 19.9 Å². The monoisotopic (exact) mass is 317 g/mol. The molecule has 4 rings (SSSR count). The van der Waals surface area contributed by atoms with E-state index in [0.717, 1.165) is 41.1 Å². The van der Waals surface area contributed by atoms with Gasteiger partial charge in [0.2, 0.25) is 0 Å². The van der Waals surface area contributed by atoms with E-state index in [2.05, 4.69) is 59.2 Å². The second-order valence-electron chi connectivity index (χ2n) is 6.11. The maximum atomic E-state index is 5.31. The number of para-hydroxylation sites is 2. The zero-order valence-corrected chi connectivity index (χ0v) is 13.9. The van der Waals surface area contributed by atoms with Gasteiger partial charge in [-0.15, -0.1) is 0 Å². The lowest BCUT2D eigenvalue weighted by Crippen LogP contribution is -2.00. The van der Waals surface area contributed by atoms with E-state index in [0.29, 0.717) is 0 Å². The lowest BCUT2D eigenvalue weighted by atomic mass is 10.0. The van der Waals surface area contributed by atoms with Crippen molar-refractivity contribution >= 4 is 11.0 Å². The third-order valence-electron chi connectivity index (χ3n) is 4.48. The number of aromatic nitrogens is 3. The van der Waals surface area contributed by atoms with Crippen molar-refractivity contribution in [3.63, 3.8) is 0 Å². The maximum Gasteiger partial charge on any atom is 0.169 e. The number of imidazole rings is 1. The Morgan fingerprint density at radius 2 is 1.79 bits per heavy atom. The molecule has 0 atom stereocenters. The van der Waals surface area contributed by atoms with Crippen molar-refractivity contribution in [2.75, 3.05) is 0 Å². The van der Waals surface area contributed by atoms with Crippen LogP contribution in [0.5, 0.6) is 0 Å². The van der Waals surface area contributed by atoms with Crippen LogP contribution in [0.25, 0.3) is 22.4 Å². The van der Waals surface area contributed by atoms with Crippen LogP contribution in [0.15, 0.2) is 59.3 Å². The number of hydrogen-bond acceptors (Lipinski definition) is 3. The van der Waals surface area contributed by atoms with Gasteiger partial charge in [-0.1, -0.05) is 41.6 Å². The minimum Gasteiger partial charge on any atom is -0.356 e. The summed E-state index contributed by atoms with van der Waals surface area (Å²) in [6.45, 7) is 2.01. The standard InChI is InChI=1S/C20H19N3O/c1-14-13-21-24-20(14)16-10-7-15(8-11-16)9-12-19-22-17-5-3-4-6-18(17)23(19)2/h3-8,10-11,13H,9,12H2,1-2H3. The average molecular weight is 317 g/mol. The molecule has 0 amide bonds. The quantitative estimate of drug-likeness (QED) is 0.563. The summed E-state index contributed by atoms with van der Waals surface area (Å²) in [7, 11) is 2.08. The van der Waals surface area contributed by atoms with Crippen LogP contribution < -0.4 is 0 Å². The highest BCUT2D eigenvalue weighted by molar-refractivity contribution is 5.75. The molecule has 2 aromatic carbocycles. The highest BCUT2D eigenvalue weighted by Gasteiger charge is 2.09. The van der Waals surface area contributed by atoms with E-state index in [-0.39, 0.29) is 0 Å². The molecular weight excluding hydrogens is 298 g/mol. The molecule has 0 bridgehead atoms. The molecule has 0 radical (unpaired) electrons. The zero-order chi connectivity index (χ0) is 16.5. The fourth-order valence-corrected chi connectivity index (χ4v) is 3.07. The van der Waals surface area contributed by atoms with E-state index in [1.807, 2.05) is 13.0 Å². The molecule has 0 aliphatic rings. The summed E-state index contributed by atoms with van der Waals surface area (Å²) in [4.78, 5) is 4.74. The largest absolute Gasteiger partial charge is 0.356 e. The summed E-state index contributed by atoms with van der Waals surface area (Å²) in [6.07, 6.45) is 3.63. The smallest absolute Gasteiger partial charge is 0.169 e. The summed E-state index contributed by atoms with van der Waals surface area (Å²) in [5, 5.41) is 3.84. The molecule has 0 saturated heterocycles. The van der Waals surface area contributed by atoms with Crippen LogP contribution in [-0.4, -0.2) is 14.7 Å². The van der Waals surface area contributed by atoms with Gasteiger partial charge in [-0.25, -0.2) is 4.98 Å². The van der Waals surface area contributed by atoms with Crippen molar-refractivity contribution < 1.29 is 4.52 Å². The van der Waals surface area contributed by atoms with Gasteiger partial charge in [-0.2, -0.15) is 0 Å². The van der Waals surface area contributed by atoms with Crippen molar-refractivity contribution in [1.29, 1.82) is 0 Å². The predicted molar refractivity (Wildman–Crippen MR) is 94.8 cm³/mol. The van der Waals surface area contributed by atoms with E-state index < -0.39 is 0 Å². The Morgan fingerprint density at radius 3 is 2.50 bits per heavy atom. The minimum absolute atomic E-state index is 0.844. The highest BCUT2D eigenvalue weighted by Crippen LogP contribution is 2.23. The molecule has 0 N–H and O–H groups in total. The van der Waals surface area contributed by atoms with Crippen molar-refractivity contribution in [2.24, 2.45) is 7.05 Å². The van der Waals surface area contributed by atoms with Gasteiger partial charge in [0, 0.05) is 24.6 Å². The van der Waals surface area contributed by atoms with Crippen LogP contribution >= 0.6 is 0 Å². The fourth-order valence-electron chi connectivity index (χ4n) is 3.07. The van der Waals surface area contributed by atoms with Crippen LogP contribution in [0.2, 0.25) is 0 Å². The Labute approximate surface area is 140 Å². The number of aryl methyl sites for hydroxylation is 4. The van der Waals surface area contributed by atoms with Gasteiger partial charge in [-0.3, -0.25) is 0 Å². The molecular formula is C20H19N3O. The minimum atomic E-state index is 0.844. The summed E-state index contributed by atoms with van der Waals surface area (Å²) in [6, 6.07) is 16.8. The van der Waals surface area contributed by atoms with E-state index >= 15 is 0 Å². The van der Waals surface area contributed by atoms with Crippen molar-refractivity contribution in [3.8, 4) is 11.3 Å². The predicted octanol–water partition coefficient (Wildman–Crippen LogP) is 4.32. The summed E-state index contributed by atoms with van der Waals surface area (Å²) in [5.41, 5.74) is 5.66. The van der Waals surface area contributed by atoms with E-state index in [4.69, 9.17) is 9.51 Å². The van der Waals surface area contributed by atoms with Crippen LogP contribution in [0.3, 0.4) is 0 Å². The fraction of sp³-hybridized carbons (Fsp3) is 0.200. The molecule has 0 unspecified atom stereocenters. The Bertz CT molecular complexity index is 980. The zero-order valence-electron chi connectivity index (χ0n) is 13.9. The first-order chi connectivity index (χ1) is 11.7. The Hall–Kier alpha value is -2.88. The first kappa shape index (κ1) is 14.7. The second kappa shape index (κ2) is 5.96. The molecule has 0 fully saturated rings. The lowest BCUT2D eigenvalue weighted by Gasteiger charge is -2.04. The first-order valence-corrected chi connectivity index (χ1v) is 8.13. The molecule has 0 aliphatic carbocycles. The average Bonchev–Trinajstić information content (AvgIpc) is 3.18. The van der Waals surface area contributed by atoms with Gasteiger partial charge in [0.25, 0.3) is 0 Å². The summed E-state index contributed by atoms with van der Waals surface area (Å²) in [5.74, 6) is 1.96. The Kier molecular flexibility index (Phi) is 3.65. The second-order valence-corrected chi connectivity index (χ2v) is 6.11. The van der Waals surface area contributed by atoms with Gasteiger partial charge in [0.05, 0.1) is 17.2 Å². The van der Waals surface area contributed by atoms with Gasteiger partial charge in [0.15, 0.2) is 5.76 Å². The molecule has 2 aromatic heterocycles. The summed E-state index contributed by atoms with van der Waals surface area (Å²) < 4.78 is 7.49. The molecule has 24 heavy (non-hydrogen) atoms. The Morgan fingerprint density at radius 1 is 1.00 bits per heavy atom. The number of nitrogens with zero attached hydrogens (tertiary/aromatic N) is 3. The van der Waals surface area contributed by atoms with Crippen molar-refractivity contribution in [1.82, 2.24) is 14.7 Å². The molecule has 4 heteroatoms. The highest BCUT2D eigenvalue weighted by atomic mass is 16.5. The molecule has 0 aliphatic heterocycles. The summed E-state index contributed by atoms with van der Waals surface area (Å²) >= 11 is 0. The maximum absolute atomic E-state index is 5.31. The Balaban J connectivity index is 1.51. The SMILES string of the molecule is Cc1cnoc1-c1ccc(CCc2nc3ccccc3n2C)cc1. The van der Waals surface area contributed by atoms with Gasteiger partial charge in [0.1, 0.15) is 5.82 Å². The van der Waals surface area contributed by atoms with Gasteiger partial charge < -0.3 is 9.09 Å². The lowest BCUT2D eigenvalue weighted by molar-refractivity contribution is 0.432. The van der Waals surface area contributed by atoms with Crippen LogP contribution in [0.1, 0.15) is 17.0 Å². The molecule has 2 heterocycles. The van der Waals surface area contributed by atoms with E-state index in [9.17, 15) is 0 Å². The third kappa shape index (κ3) is 2.60. The topological polar surface area (TPSA) is 43.9 Å². The van der Waals surface area contributed by atoms with E-state index in [1.165, 1.54) is 11.1 Å². The van der Waals surface area contributed by atoms with Gasteiger partial charge in [-0.05, 0) is 31.0 Å². The molecule has 0 spiro atoms. The third-order valence-corrected chi connectivity index (χ3v) is 4.48. The molecule has 0 saturated carbocycles.